The molecule has 1 aromatic rings. The molecule has 0 aromatic carbocycles. The normalized spacial score (nSPS) is 27.9. The Balaban J connectivity index is 2.01. The van der Waals surface area contributed by atoms with E-state index in [0.717, 1.165) is 18.5 Å². The van der Waals surface area contributed by atoms with E-state index in [9.17, 15) is 0 Å². The Morgan fingerprint density at radius 1 is 1.47 bits per heavy atom. The molecule has 0 bridgehead atoms. The van der Waals surface area contributed by atoms with Gasteiger partial charge in [-0.2, -0.15) is 0 Å². The molecule has 3 nitrogen and oxygen atoms in total. The SMILES string of the molecule is CC1CCCC(N)N1C(C)Cc1ccccn1. The van der Waals surface area contributed by atoms with Gasteiger partial charge < -0.3 is 5.73 Å². The highest BCUT2D eigenvalue weighted by Gasteiger charge is 2.29. The molecule has 1 aromatic heterocycles. The largest absolute Gasteiger partial charge is 0.316 e. The van der Waals surface area contributed by atoms with Crippen LogP contribution in [-0.4, -0.2) is 28.1 Å². The second-order valence-corrected chi connectivity index (χ2v) is 5.17. The quantitative estimate of drug-likeness (QED) is 0.870. The van der Waals surface area contributed by atoms with E-state index in [2.05, 4.69) is 35.9 Å². The lowest BCUT2D eigenvalue weighted by atomic mass is 9.97. The first-order chi connectivity index (χ1) is 8.18. The summed E-state index contributed by atoms with van der Waals surface area (Å²) in [7, 11) is 0. The lowest BCUT2D eigenvalue weighted by molar-refractivity contribution is 0.0561. The van der Waals surface area contributed by atoms with Crippen LogP contribution in [0.1, 0.15) is 38.8 Å². The van der Waals surface area contributed by atoms with E-state index in [1.165, 1.54) is 12.8 Å². The molecule has 94 valence electrons. The Kier molecular flexibility index (Phi) is 4.13. The summed E-state index contributed by atoms with van der Waals surface area (Å²) < 4.78 is 0. The summed E-state index contributed by atoms with van der Waals surface area (Å²) in [6.07, 6.45) is 6.71. The van der Waals surface area contributed by atoms with Gasteiger partial charge in [-0.05, 0) is 45.2 Å². The minimum atomic E-state index is 0.220. The molecule has 2 rings (SSSR count). The molecular weight excluding hydrogens is 210 g/mol. The van der Waals surface area contributed by atoms with Crippen LogP contribution in [-0.2, 0) is 6.42 Å². The Morgan fingerprint density at radius 2 is 2.29 bits per heavy atom. The number of nitrogens with zero attached hydrogens (tertiary/aromatic N) is 2. The summed E-state index contributed by atoms with van der Waals surface area (Å²) in [5.41, 5.74) is 7.39. The average molecular weight is 233 g/mol. The number of hydrogen-bond donors (Lipinski definition) is 1. The van der Waals surface area contributed by atoms with Crippen LogP contribution in [0.15, 0.2) is 24.4 Å². The van der Waals surface area contributed by atoms with E-state index in [4.69, 9.17) is 5.73 Å². The molecule has 3 atom stereocenters. The standard InChI is InChI=1S/C14H23N3/c1-11-6-5-8-14(15)17(11)12(2)10-13-7-3-4-9-16-13/h3-4,7,9,11-12,14H,5-6,8,10,15H2,1-2H3. The van der Waals surface area contributed by atoms with Crippen LogP contribution >= 0.6 is 0 Å². The third-order valence-electron chi connectivity index (χ3n) is 3.75. The molecule has 3 heteroatoms. The average Bonchev–Trinajstić information content (AvgIpc) is 2.30. The van der Waals surface area contributed by atoms with Gasteiger partial charge in [0.1, 0.15) is 0 Å². The fourth-order valence-electron chi connectivity index (χ4n) is 2.94. The zero-order valence-electron chi connectivity index (χ0n) is 10.8. The zero-order chi connectivity index (χ0) is 12.3. The predicted molar refractivity (Wildman–Crippen MR) is 70.5 cm³/mol. The van der Waals surface area contributed by atoms with Gasteiger partial charge in [0, 0.05) is 30.4 Å². The molecule has 0 saturated carbocycles. The summed E-state index contributed by atoms with van der Waals surface area (Å²) in [5.74, 6) is 0. The molecule has 1 aliphatic heterocycles. The molecule has 2 heterocycles. The first-order valence-corrected chi connectivity index (χ1v) is 6.61. The minimum absolute atomic E-state index is 0.220. The van der Waals surface area contributed by atoms with Crippen molar-refractivity contribution in [2.75, 3.05) is 0 Å². The molecule has 0 aliphatic carbocycles. The summed E-state index contributed by atoms with van der Waals surface area (Å²) in [5, 5.41) is 0. The lowest BCUT2D eigenvalue weighted by Crippen LogP contribution is -2.54. The van der Waals surface area contributed by atoms with E-state index < -0.39 is 0 Å². The Morgan fingerprint density at radius 3 is 2.94 bits per heavy atom. The van der Waals surface area contributed by atoms with Crippen LogP contribution in [0.25, 0.3) is 0 Å². The number of aromatic nitrogens is 1. The van der Waals surface area contributed by atoms with E-state index in [-0.39, 0.29) is 6.17 Å². The van der Waals surface area contributed by atoms with Crippen molar-refractivity contribution in [1.29, 1.82) is 0 Å². The predicted octanol–water partition coefficient (Wildman–Crippen LogP) is 2.17. The number of hydrogen-bond acceptors (Lipinski definition) is 3. The summed E-state index contributed by atoms with van der Waals surface area (Å²) >= 11 is 0. The summed E-state index contributed by atoms with van der Waals surface area (Å²) in [4.78, 5) is 6.85. The summed E-state index contributed by atoms with van der Waals surface area (Å²) in [6.45, 7) is 4.55. The highest BCUT2D eigenvalue weighted by Crippen LogP contribution is 2.23. The van der Waals surface area contributed by atoms with E-state index in [1.807, 2.05) is 12.3 Å². The summed E-state index contributed by atoms with van der Waals surface area (Å²) in [6, 6.07) is 7.17. The molecule has 0 amide bonds. The van der Waals surface area contributed by atoms with E-state index in [1.54, 1.807) is 0 Å². The van der Waals surface area contributed by atoms with Gasteiger partial charge >= 0.3 is 0 Å². The van der Waals surface area contributed by atoms with Crippen LogP contribution in [0.4, 0.5) is 0 Å². The van der Waals surface area contributed by atoms with Crippen LogP contribution in [0.3, 0.4) is 0 Å². The van der Waals surface area contributed by atoms with Crippen LogP contribution in [0.5, 0.6) is 0 Å². The molecule has 1 aliphatic rings. The fraction of sp³-hybridized carbons (Fsp3) is 0.643. The maximum absolute atomic E-state index is 6.23. The monoisotopic (exact) mass is 233 g/mol. The third kappa shape index (κ3) is 3.05. The second-order valence-electron chi connectivity index (χ2n) is 5.17. The maximum Gasteiger partial charge on any atom is 0.0576 e. The number of likely N-dealkylation sites (tertiary alicyclic amines) is 1. The van der Waals surface area contributed by atoms with Gasteiger partial charge in [0.25, 0.3) is 0 Å². The van der Waals surface area contributed by atoms with Crippen LogP contribution in [0, 0.1) is 0 Å². The lowest BCUT2D eigenvalue weighted by Gasteiger charge is -2.42. The molecule has 1 fully saturated rings. The second kappa shape index (κ2) is 5.61. The first-order valence-electron chi connectivity index (χ1n) is 6.61. The smallest absolute Gasteiger partial charge is 0.0576 e. The molecule has 3 unspecified atom stereocenters. The Hall–Kier alpha value is -0.930. The van der Waals surface area contributed by atoms with E-state index in [0.29, 0.717) is 12.1 Å². The van der Waals surface area contributed by atoms with Crippen molar-refractivity contribution in [2.45, 2.75) is 57.8 Å². The Bertz CT molecular complexity index is 329. The third-order valence-corrected chi connectivity index (χ3v) is 3.75. The van der Waals surface area contributed by atoms with Crippen LogP contribution in [0.2, 0.25) is 0 Å². The topological polar surface area (TPSA) is 42.1 Å². The minimum Gasteiger partial charge on any atom is -0.316 e. The van der Waals surface area contributed by atoms with Crippen molar-refractivity contribution >= 4 is 0 Å². The van der Waals surface area contributed by atoms with Crippen LogP contribution < -0.4 is 5.73 Å². The van der Waals surface area contributed by atoms with E-state index >= 15 is 0 Å². The van der Waals surface area contributed by atoms with Crippen molar-refractivity contribution in [1.82, 2.24) is 9.88 Å². The van der Waals surface area contributed by atoms with Crippen molar-refractivity contribution in [2.24, 2.45) is 5.73 Å². The first kappa shape index (κ1) is 12.5. The molecule has 0 spiro atoms. The number of rotatable bonds is 3. The van der Waals surface area contributed by atoms with Gasteiger partial charge in [-0.25, -0.2) is 0 Å². The Labute approximate surface area is 104 Å². The van der Waals surface area contributed by atoms with Crippen molar-refractivity contribution in [3.05, 3.63) is 30.1 Å². The van der Waals surface area contributed by atoms with Crippen molar-refractivity contribution in [3.8, 4) is 0 Å². The molecule has 1 saturated heterocycles. The van der Waals surface area contributed by atoms with Gasteiger partial charge in [0.15, 0.2) is 0 Å². The van der Waals surface area contributed by atoms with Gasteiger partial charge in [-0.15, -0.1) is 0 Å². The molecular formula is C14H23N3. The van der Waals surface area contributed by atoms with Gasteiger partial charge in [-0.3, -0.25) is 9.88 Å². The fourth-order valence-corrected chi connectivity index (χ4v) is 2.94. The van der Waals surface area contributed by atoms with Crippen molar-refractivity contribution < 1.29 is 0 Å². The highest BCUT2D eigenvalue weighted by atomic mass is 15.3. The highest BCUT2D eigenvalue weighted by molar-refractivity contribution is 5.05. The van der Waals surface area contributed by atoms with Crippen molar-refractivity contribution in [3.63, 3.8) is 0 Å². The molecule has 2 N–H and O–H groups in total. The molecule has 0 radical (unpaired) electrons. The zero-order valence-corrected chi connectivity index (χ0v) is 10.8. The van der Waals surface area contributed by atoms with Gasteiger partial charge in [-0.1, -0.05) is 6.07 Å². The number of pyridine rings is 1. The van der Waals surface area contributed by atoms with Gasteiger partial charge in [0.05, 0.1) is 6.17 Å². The number of piperidine rings is 1. The number of nitrogens with two attached hydrogens (primary N) is 1. The molecule has 17 heavy (non-hydrogen) atoms. The van der Waals surface area contributed by atoms with Gasteiger partial charge in [0.2, 0.25) is 0 Å². The maximum atomic E-state index is 6.23.